The van der Waals surface area contributed by atoms with Crippen molar-refractivity contribution in [3.8, 4) is 0 Å². The Labute approximate surface area is 96.1 Å². The summed E-state index contributed by atoms with van der Waals surface area (Å²) in [5.41, 5.74) is -0.176. The number of esters is 1. The average molecular weight is 221 g/mol. The van der Waals surface area contributed by atoms with Crippen LogP contribution in [0.4, 0.5) is 0 Å². The molecule has 3 atom stereocenters. The molecule has 0 aromatic carbocycles. The summed E-state index contributed by atoms with van der Waals surface area (Å²) in [5, 5.41) is 0. The predicted molar refractivity (Wildman–Crippen MR) is 58.9 cm³/mol. The molecule has 3 nitrogen and oxygen atoms in total. The average Bonchev–Trinajstić information content (AvgIpc) is 2.45. The minimum Gasteiger partial charge on any atom is -0.457 e. The van der Waals surface area contributed by atoms with Crippen molar-refractivity contribution in [1.29, 1.82) is 0 Å². The monoisotopic (exact) mass is 221 g/mol. The Morgan fingerprint density at radius 2 is 1.75 bits per heavy atom. The zero-order valence-electron chi connectivity index (χ0n) is 9.71. The van der Waals surface area contributed by atoms with Gasteiger partial charge in [0.2, 0.25) is 0 Å². The molecule has 3 saturated heterocycles. The molecule has 4 aliphatic rings. The van der Waals surface area contributed by atoms with E-state index in [4.69, 9.17) is 4.74 Å². The van der Waals surface area contributed by atoms with Crippen molar-refractivity contribution in [3.63, 3.8) is 0 Å². The summed E-state index contributed by atoms with van der Waals surface area (Å²) >= 11 is 0. The molecule has 0 amide bonds. The van der Waals surface area contributed by atoms with Crippen LogP contribution in [0.3, 0.4) is 0 Å². The number of rotatable bonds is 0. The quantitative estimate of drug-likeness (QED) is 0.583. The van der Waals surface area contributed by atoms with E-state index < -0.39 is 0 Å². The van der Waals surface area contributed by atoms with E-state index in [1.165, 1.54) is 32.4 Å². The predicted octanol–water partition coefficient (Wildman–Crippen LogP) is 1.71. The third kappa shape index (κ3) is 0.885. The standard InChI is InChI=1S/C13H19NO2/c15-11-12-4-1-6-13(16-11)7-3-9-14(10(12)13)8-2-5-12/h10H,1-9H2. The minimum absolute atomic E-state index is 0.0754. The van der Waals surface area contributed by atoms with Crippen molar-refractivity contribution in [2.75, 3.05) is 13.1 Å². The number of carbonyl (C=O) groups excluding carboxylic acids is 1. The molecule has 3 aliphatic heterocycles. The van der Waals surface area contributed by atoms with E-state index in [1.54, 1.807) is 0 Å². The Hall–Kier alpha value is -0.570. The number of hydrogen-bond donors (Lipinski definition) is 0. The van der Waals surface area contributed by atoms with Crippen LogP contribution < -0.4 is 0 Å². The number of nitrogens with zero attached hydrogens (tertiary/aromatic N) is 1. The van der Waals surface area contributed by atoms with Crippen LogP contribution in [0.5, 0.6) is 0 Å². The Morgan fingerprint density at radius 1 is 1.06 bits per heavy atom. The van der Waals surface area contributed by atoms with Crippen LogP contribution in [0, 0.1) is 5.41 Å². The van der Waals surface area contributed by atoms with Crippen LogP contribution in [0.1, 0.15) is 44.9 Å². The Kier molecular flexibility index (Phi) is 1.66. The Bertz CT molecular complexity index is 346. The number of piperidine rings is 2. The summed E-state index contributed by atoms with van der Waals surface area (Å²) in [6.45, 7) is 2.37. The smallest absolute Gasteiger partial charge is 0.314 e. The van der Waals surface area contributed by atoms with Crippen LogP contribution in [0.25, 0.3) is 0 Å². The summed E-state index contributed by atoms with van der Waals surface area (Å²) in [5.74, 6) is 0.140. The van der Waals surface area contributed by atoms with E-state index >= 15 is 0 Å². The third-order valence-corrected chi connectivity index (χ3v) is 5.43. The molecule has 4 fully saturated rings. The van der Waals surface area contributed by atoms with Gasteiger partial charge < -0.3 is 4.74 Å². The van der Waals surface area contributed by atoms with Gasteiger partial charge in [0.1, 0.15) is 5.60 Å². The molecule has 3 unspecified atom stereocenters. The van der Waals surface area contributed by atoms with E-state index in [0.29, 0.717) is 6.04 Å². The van der Waals surface area contributed by atoms with Crippen molar-refractivity contribution in [3.05, 3.63) is 0 Å². The van der Waals surface area contributed by atoms with Crippen LogP contribution in [0.15, 0.2) is 0 Å². The Balaban J connectivity index is 1.87. The topological polar surface area (TPSA) is 29.5 Å². The zero-order valence-corrected chi connectivity index (χ0v) is 9.71. The molecule has 0 aromatic rings. The van der Waals surface area contributed by atoms with E-state index in [9.17, 15) is 4.79 Å². The van der Waals surface area contributed by atoms with Crippen molar-refractivity contribution in [2.24, 2.45) is 5.41 Å². The fourth-order valence-electron chi connectivity index (χ4n) is 4.99. The fraction of sp³-hybridized carbons (Fsp3) is 0.923. The van der Waals surface area contributed by atoms with Gasteiger partial charge in [-0.2, -0.15) is 0 Å². The van der Waals surface area contributed by atoms with Crippen LogP contribution in [-0.4, -0.2) is 35.6 Å². The highest BCUT2D eigenvalue weighted by atomic mass is 16.6. The molecular formula is C13H19NO2. The van der Waals surface area contributed by atoms with Gasteiger partial charge in [-0.1, -0.05) is 0 Å². The molecule has 0 aromatic heterocycles. The van der Waals surface area contributed by atoms with Crippen molar-refractivity contribution >= 4 is 5.97 Å². The molecule has 1 aliphatic carbocycles. The number of carbonyl (C=O) groups is 1. The van der Waals surface area contributed by atoms with Gasteiger partial charge in [0, 0.05) is 0 Å². The van der Waals surface area contributed by atoms with Crippen molar-refractivity contribution in [1.82, 2.24) is 4.90 Å². The largest absolute Gasteiger partial charge is 0.457 e. The molecule has 1 saturated carbocycles. The lowest BCUT2D eigenvalue weighted by atomic mass is 9.59. The maximum absolute atomic E-state index is 12.3. The van der Waals surface area contributed by atoms with Gasteiger partial charge in [0.25, 0.3) is 0 Å². The van der Waals surface area contributed by atoms with E-state index in [2.05, 4.69) is 4.90 Å². The van der Waals surface area contributed by atoms with E-state index in [0.717, 1.165) is 25.7 Å². The van der Waals surface area contributed by atoms with Crippen LogP contribution in [0.2, 0.25) is 0 Å². The molecule has 16 heavy (non-hydrogen) atoms. The lowest BCUT2D eigenvalue weighted by molar-refractivity contribution is -0.154. The maximum atomic E-state index is 12.3. The first-order chi connectivity index (χ1) is 7.77. The first kappa shape index (κ1) is 9.46. The lowest BCUT2D eigenvalue weighted by Gasteiger charge is -2.54. The highest BCUT2D eigenvalue weighted by Gasteiger charge is 2.69. The first-order valence-corrected chi connectivity index (χ1v) is 6.74. The highest BCUT2D eigenvalue weighted by molar-refractivity contribution is 5.82. The second kappa shape index (κ2) is 2.81. The molecule has 0 N–H and O–H groups in total. The summed E-state index contributed by atoms with van der Waals surface area (Å²) in [6, 6.07) is 0.434. The van der Waals surface area contributed by atoms with Crippen molar-refractivity contribution in [2.45, 2.75) is 56.6 Å². The third-order valence-electron chi connectivity index (χ3n) is 5.43. The molecule has 88 valence electrons. The molecule has 3 heterocycles. The van der Waals surface area contributed by atoms with Crippen molar-refractivity contribution < 1.29 is 9.53 Å². The van der Waals surface area contributed by atoms with Gasteiger partial charge in [-0.25, -0.2) is 0 Å². The SMILES string of the molecule is O=C1OC23CCCN4CCCC1(CCC2)C43. The molecular weight excluding hydrogens is 202 g/mol. The first-order valence-electron chi connectivity index (χ1n) is 6.74. The van der Waals surface area contributed by atoms with Gasteiger partial charge in [-0.3, -0.25) is 9.69 Å². The number of hydrogen-bond acceptors (Lipinski definition) is 3. The molecule has 3 heteroatoms. The zero-order chi connectivity index (χ0) is 10.8. The second-order valence-corrected chi connectivity index (χ2v) is 6.11. The lowest BCUT2D eigenvalue weighted by Crippen LogP contribution is -2.64. The molecule has 2 bridgehead atoms. The van der Waals surface area contributed by atoms with Gasteiger partial charge >= 0.3 is 5.97 Å². The van der Waals surface area contributed by atoms with Gasteiger partial charge in [0.05, 0.1) is 11.5 Å². The summed E-state index contributed by atoms with van der Waals surface area (Å²) < 4.78 is 5.90. The van der Waals surface area contributed by atoms with E-state index in [-0.39, 0.29) is 17.0 Å². The number of ether oxygens (including phenoxy) is 1. The highest BCUT2D eigenvalue weighted by Crippen LogP contribution is 2.60. The normalized spacial score (nSPS) is 51.0. The molecule has 4 rings (SSSR count). The molecule has 0 radical (unpaired) electrons. The Morgan fingerprint density at radius 3 is 2.62 bits per heavy atom. The summed E-state index contributed by atoms with van der Waals surface area (Å²) in [6.07, 6.45) is 7.96. The fourth-order valence-corrected chi connectivity index (χ4v) is 4.99. The van der Waals surface area contributed by atoms with Gasteiger partial charge in [-0.15, -0.1) is 0 Å². The maximum Gasteiger partial charge on any atom is 0.314 e. The molecule has 0 spiro atoms. The summed E-state index contributed by atoms with van der Waals surface area (Å²) in [4.78, 5) is 14.9. The van der Waals surface area contributed by atoms with E-state index in [1.807, 2.05) is 0 Å². The van der Waals surface area contributed by atoms with Crippen LogP contribution in [-0.2, 0) is 9.53 Å². The second-order valence-electron chi connectivity index (χ2n) is 6.11. The minimum atomic E-state index is -0.100. The summed E-state index contributed by atoms with van der Waals surface area (Å²) in [7, 11) is 0. The van der Waals surface area contributed by atoms with Crippen LogP contribution >= 0.6 is 0 Å². The van der Waals surface area contributed by atoms with Gasteiger partial charge in [0.15, 0.2) is 0 Å². The van der Waals surface area contributed by atoms with Gasteiger partial charge in [-0.05, 0) is 58.0 Å².